The lowest BCUT2D eigenvalue weighted by atomic mass is 10.2. The molecule has 0 amide bonds. The van der Waals surface area contributed by atoms with Gasteiger partial charge in [0.05, 0.1) is 5.39 Å². The van der Waals surface area contributed by atoms with Gasteiger partial charge in [-0.3, -0.25) is 0 Å². The molecule has 0 bridgehead atoms. The van der Waals surface area contributed by atoms with Gasteiger partial charge < -0.3 is 10.5 Å². The van der Waals surface area contributed by atoms with Crippen molar-refractivity contribution in [1.29, 1.82) is 0 Å². The zero-order valence-electron chi connectivity index (χ0n) is 11.2. The van der Waals surface area contributed by atoms with Crippen molar-refractivity contribution in [3.05, 3.63) is 46.8 Å². The molecule has 0 saturated heterocycles. The Bertz CT molecular complexity index is 725. The van der Waals surface area contributed by atoms with E-state index in [0.29, 0.717) is 12.5 Å². The first-order valence-electron chi connectivity index (χ1n) is 6.49. The summed E-state index contributed by atoms with van der Waals surface area (Å²) in [6.45, 7) is 2.59. The summed E-state index contributed by atoms with van der Waals surface area (Å²) >= 11 is 1.64. The van der Waals surface area contributed by atoms with Crippen LogP contribution in [0.1, 0.15) is 17.4 Å². The summed E-state index contributed by atoms with van der Waals surface area (Å²) in [5, 5.41) is 0.942. The van der Waals surface area contributed by atoms with Crippen molar-refractivity contribution < 1.29 is 4.74 Å². The van der Waals surface area contributed by atoms with Crippen LogP contribution >= 0.6 is 11.3 Å². The Morgan fingerprint density at radius 1 is 1.20 bits per heavy atom. The lowest BCUT2D eigenvalue weighted by Crippen LogP contribution is -2.01. The summed E-state index contributed by atoms with van der Waals surface area (Å²) in [7, 11) is 0. The van der Waals surface area contributed by atoms with E-state index in [0.717, 1.165) is 22.2 Å². The number of nitrogens with two attached hydrogens (primary N) is 1. The third-order valence-corrected chi connectivity index (χ3v) is 4.17. The molecular formula is C15H15N3OS. The van der Waals surface area contributed by atoms with Crippen LogP contribution in [-0.4, -0.2) is 9.97 Å². The molecule has 0 atom stereocenters. The molecule has 0 aliphatic carbocycles. The molecule has 2 aromatic heterocycles. The number of aryl methyl sites for hydroxylation is 1. The summed E-state index contributed by atoms with van der Waals surface area (Å²) in [5.41, 5.74) is 6.85. The lowest BCUT2D eigenvalue weighted by molar-refractivity contribution is 0.298. The predicted octanol–water partition coefficient (Wildman–Crippen LogP) is 3.41. The number of rotatable bonds is 4. The van der Waals surface area contributed by atoms with Crippen LogP contribution < -0.4 is 10.5 Å². The highest BCUT2D eigenvalue weighted by molar-refractivity contribution is 7.18. The molecule has 20 heavy (non-hydrogen) atoms. The summed E-state index contributed by atoms with van der Waals surface area (Å²) < 4.78 is 5.82. The number of thiophene rings is 1. The Morgan fingerprint density at radius 3 is 2.75 bits per heavy atom. The Labute approximate surface area is 121 Å². The molecule has 5 heteroatoms. The van der Waals surface area contributed by atoms with E-state index in [-0.39, 0.29) is 5.95 Å². The molecule has 0 aliphatic heterocycles. The average molecular weight is 285 g/mol. The molecule has 3 rings (SSSR count). The molecule has 3 aromatic rings. The first kappa shape index (κ1) is 12.9. The first-order chi connectivity index (χ1) is 9.76. The Morgan fingerprint density at radius 2 is 2.00 bits per heavy atom. The highest BCUT2D eigenvalue weighted by Gasteiger charge is 2.11. The van der Waals surface area contributed by atoms with Crippen molar-refractivity contribution in [3.63, 3.8) is 0 Å². The highest BCUT2D eigenvalue weighted by Crippen LogP contribution is 2.31. The highest BCUT2D eigenvalue weighted by atomic mass is 32.1. The van der Waals surface area contributed by atoms with E-state index in [1.165, 1.54) is 4.88 Å². The van der Waals surface area contributed by atoms with Crippen molar-refractivity contribution in [1.82, 2.24) is 9.97 Å². The van der Waals surface area contributed by atoms with E-state index < -0.39 is 0 Å². The molecule has 0 saturated carbocycles. The molecule has 0 radical (unpaired) electrons. The predicted molar refractivity (Wildman–Crippen MR) is 82.0 cm³/mol. The molecular weight excluding hydrogens is 270 g/mol. The number of hydrogen-bond donors (Lipinski definition) is 1. The van der Waals surface area contributed by atoms with Gasteiger partial charge in [0.15, 0.2) is 0 Å². The number of benzene rings is 1. The van der Waals surface area contributed by atoms with Crippen LogP contribution in [0.25, 0.3) is 10.2 Å². The van der Waals surface area contributed by atoms with Crippen molar-refractivity contribution in [2.24, 2.45) is 0 Å². The second-order valence-corrected chi connectivity index (χ2v) is 5.56. The second kappa shape index (κ2) is 5.46. The van der Waals surface area contributed by atoms with Gasteiger partial charge in [-0.2, -0.15) is 4.98 Å². The van der Waals surface area contributed by atoms with Gasteiger partial charge in [0, 0.05) is 4.88 Å². The van der Waals surface area contributed by atoms with Crippen molar-refractivity contribution in [2.75, 3.05) is 5.73 Å². The minimum Gasteiger partial charge on any atom is -0.472 e. The Kier molecular flexibility index (Phi) is 3.52. The van der Waals surface area contributed by atoms with Crippen molar-refractivity contribution in [3.8, 4) is 5.88 Å². The van der Waals surface area contributed by atoms with E-state index in [9.17, 15) is 0 Å². The summed E-state index contributed by atoms with van der Waals surface area (Å²) in [6.07, 6.45) is 0.971. The SMILES string of the molecule is CCc1cc2c(OCc3ccccc3)nc(N)nc2s1. The lowest BCUT2D eigenvalue weighted by Gasteiger charge is -2.06. The van der Waals surface area contributed by atoms with Gasteiger partial charge in [0.1, 0.15) is 11.4 Å². The molecule has 1 aromatic carbocycles. The van der Waals surface area contributed by atoms with Gasteiger partial charge >= 0.3 is 0 Å². The number of ether oxygens (including phenoxy) is 1. The zero-order chi connectivity index (χ0) is 13.9. The molecule has 0 unspecified atom stereocenters. The van der Waals surface area contributed by atoms with E-state index in [1.54, 1.807) is 11.3 Å². The molecule has 2 heterocycles. The first-order valence-corrected chi connectivity index (χ1v) is 7.30. The van der Waals surface area contributed by atoms with Gasteiger partial charge in [-0.25, -0.2) is 4.98 Å². The third-order valence-electron chi connectivity index (χ3n) is 2.99. The third kappa shape index (κ3) is 2.58. The molecule has 2 N–H and O–H groups in total. The number of nitrogens with zero attached hydrogens (tertiary/aromatic N) is 2. The fourth-order valence-corrected chi connectivity index (χ4v) is 2.94. The van der Waals surface area contributed by atoms with Gasteiger partial charge in [-0.1, -0.05) is 37.3 Å². The number of fused-ring (bicyclic) bond motifs is 1. The van der Waals surface area contributed by atoms with E-state index in [1.807, 2.05) is 30.3 Å². The smallest absolute Gasteiger partial charge is 0.227 e. The molecule has 102 valence electrons. The monoisotopic (exact) mass is 285 g/mol. The standard InChI is InChI=1S/C15H15N3OS/c1-2-11-8-12-13(17-15(16)18-14(12)20-11)19-9-10-6-4-3-5-7-10/h3-8H,2,9H2,1H3,(H2,16,17,18). The zero-order valence-corrected chi connectivity index (χ0v) is 12.0. The van der Waals surface area contributed by atoms with Crippen LogP contribution in [0.2, 0.25) is 0 Å². The van der Waals surface area contributed by atoms with E-state index in [4.69, 9.17) is 10.5 Å². The van der Waals surface area contributed by atoms with Crippen molar-refractivity contribution >= 4 is 27.5 Å². The maximum Gasteiger partial charge on any atom is 0.227 e. The van der Waals surface area contributed by atoms with Crippen LogP contribution in [0.4, 0.5) is 5.95 Å². The minimum absolute atomic E-state index is 0.255. The molecule has 4 nitrogen and oxygen atoms in total. The van der Waals surface area contributed by atoms with Crippen LogP contribution in [-0.2, 0) is 13.0 Å². The largest absolute Gasteiger partial charge is 0.472 e. The number of hydrogen-bond acceptors (Lipinski definition) is 5. The van der Waals surface area contributed by atoms with Gasteiger partial charge in [0.2, 0.25) is 11.8 Å². The normalized spacial score (nSPS) is 10.8. The number of nitrogen functional groups attached to an aromatic ring is 1. The van der Waals surface area contributed by atoms with Crippen LogP contribution in [0, 0.1) is 0 Å². The average Bonchev–Trinajstić information content (AvgIpc) is 2.88. The number of anilines is 1. The fourth-order valence-electron chi connectivity index (χ4n) is 1.97. The Balaban J connectivity index is 1.92. The minimum atomic E-state index is 0.255. The van der Waals surface area contributed by atoms with Crippen molar-refractivity contribution in [2.45, 2.75) is 20.0 Å². The van der Waals surface area contributed by atoms with Gasteiger partial charge in [-0.05, 0) is 18.1 Å². The van der Waals surface area contributed by atoms with Crippen LogP contribution in [0.3, 0.4) is 0 Å². The summed E-state index contributed by atoms with van der Waals surface area (Å²) in [5.74, 6) is 0.817. The quantitative estimate of drug-likeness (QED) is 0.798. The van der Waals surface area contributed by atoms with Crippen LogP contribution in [0.5, 0.6) is 5.88 Å². The summed E-state index contributed by atoms with van der Waals surface area (Å²) in [4.78, 5) is 10.6. The second-order valence-electron chi connectivity index (χ2n) is 4.45. The molecule has 0 aliphatic rings. The van der Waals surface area contributed by atoms with E-state index in [2.05, 4.69) is 23.0 Å². The molecule has 0 fully saturated rings. The van der Waals surface area contributed by atoms with Gasteiger partial charge in [0.25, 0.3) is 0 Å². The maximum absolute atomic E-state index is 5.82. The fraction of sp³-hybridized carbons (Fsp3) is 0.200. The summed E-state index contributed by atoms with van der Waals surface area (Å²) in [6, 6.07) is 12.1. The van der Waals surface area contributed by atoms with Crippen LogP contribution in [0.15, 0.2) is 36.4 Å². The topological polar surface area (TPSA) is 61.0 Å². The molecule has 0 spiro atoms. The maximum atomic E-state index is 5.82. The Hall–Kier alpha value is -2.14. The number of aromatic nitrogens is 2. The van der Waals surface area contributed by atoms with Gasteiger partial charge in [-0.15, -0.1) is 11.3 Å². The van der Waals surface area contributed by atoms with E-state index >= 15 is 0 Å².